The van der Waals surface area contributed by atoms with E-state index in [2.05, 4.69) is 25.3 Å². The van der Waals surface area contributed by atoms with Crippen LogP contribution in [0.5, 0.6) is 11.5 Å². The molecular formula is C21H23N7O2. The average Bonchev–Trinajstić information content (AvgIpc) is 3.14. The minimum Gasteiger partial charge on any atom is -0.497 e. The van der Waals surface area contributed by atoms with Crippen molar-refractivity contribution in [1.82, 2.24) is 24.5 Å². The zero-order chi connectivity index (χ0) is 21.3. The number of nitrogens with zero attached hydrogens (tertiary/aromatic N) is 5. The van der Waals surface area contributed by atoms with Gasteiger partial charge in [-0.05, 0) is 38.1 Å². The maximum atomic E-state index is 5.98. The molecule has 0 amide bonds. The summed E-state index contributed by atoms with van der Waals surface area (Å²) in [5, 5.41) is 3.26. The van der Waals surface area contributed by atoms with Crippen molar-refractivity contribution in [2.45, 2.75) is 20.4 Å². The molecule has 3 aromatic heterocycles. The van der Waals surface area contributed by atoms with Gasteiger partial charge in [0.2, 0.25) is 5.95 Å². The van der Waals surface area contributed by atoms with Gasteiger partial charge < -0.3 is 25.1 Å². The fourth-order valence-electron chi connectivity index (χ4n) is 3.37. The van der Waals surface area contributed by atoms with E-state index in [4.69, 9.17) is 15.2 Å². The van der Waals surface area contributed by atoms with E-state index in [1.54, 1.807) is 26.7 Å². The Hall–Kier alpha value is -3.88. The molecule has 0 atom stereocenters. The number of methoxy groups -OCH3 is 2. The van der Waals surface area contributed by atoms with Gasteiger partial charge in [0, 0.05) is 23.0 Å². The van der Waals surface area contributed by atoms with Gasteiger partial charge in [0.1, 0.15) is 11.5 Å². The highest BCUT2D eigenvalue weighted by Gasteiger charge is 2.16. The molecule has 0 aliphatic rings. The van der Waals surface area contributed by atoms with E-state index in [-0.39, 0.29) is 5.95 Å². The van der Waals surface area contributed by atoms with Crippen molar-refractivity contribution in [2.24, 2.45) is 0 Å². The van der Waals surface area contributed by atoms with E-state index in [0.29, 0.717) is 23.5 Å². The van der Waals surface area contributed by atoms with Crippen LogP contribution < -0.4 is 20.5 Å². The van der Waals surface area contributed by atoms with Crippen molar-refractivity contribution in [3.63, 3.8) is 0 Å². The van der Waals surface area contributed by atoms with Gasteiger partial charge in [-0.3, -0.25) is 4.98 Å². The van der Waals surface area contributed by atoms with Crippen LogP contribution in [0.15, 0.2) is 36.8 Å². The molecule has 0 bridgehead atoms. The molecule has 9 nitrogen and oxygen atoms in total. The quantitative estimate of drug-likeness (QED) is 0.503. The normalized spacial score (nSPS) is 10.9. The molecule has 30 heavy (non-hydrogen) atoms. The number of pyridine rings is 1. The molecule has 1 aromatic carbocycles. The van der Waals surface area contributed by atoms with E-state index in [1.807, 2.05) is 42.7 Å². The lowest BCUT2D eigenvalue weighted by Gasteiger charge is -2.13. The number of benzene rings is 1. The van der Waals surface area contributed by atoms with Crippen LogP contribution in [0.4, 0.5) is 17.5 Å². The number of aryl methyl sites for hydroxylation is 1. The number of rotatable bonds is 6. The van der Waals surface area contributed by atoms with E-state index in [1.165, 1.54) is 0 Å². The molecule has 0 spiro atoms. The number of nitrogen functional groups attached to an aromatic ring is 1. The zero-order valence-electron chi connectivity index (χ0n) is 17.3. The first-order valence-corrected chi connectivity index (χ1v) is 9.38. The smallest absolute Gasteiger partial charge is 0.224 e. The topological polar surface area (TPSA) is 113 Å². The van der Waals surface area contributed by atoms with Crippen LogP contribution in [0.1, 0.15) is 16.8 Å². The van der Waals surface area contributed by atoms with Gasteiger partial charge >= 0.3 is 0 Å². The SMILES string of the molecule is COc1ccc(Nc2nc(N)nc3c2ncn3Cc2ncc(C)c(OC)c2C)cc1. The lowest BCUT2D eigenvalue weighted by Crippen LogP contribution is -2.07. The first-order valence-electron chi connectivity index (χ1n) is 9.38. The van der Waals surface area contributed by atoms with Crippen molar-refractivity contribution in [3.8, 4) is 11.5 Å². The molecular weight excluding hydrogens is 382 g/mol. The maximum Gasteiger partial charge on any atom is 0.224 e. The summed E-state index contributed by atoms with van der Waals surface area (Å²) in [6, 6.07) is 7.52. The Morgan fingerprint density at radius 2 is 1.80 bits per heavy atom. The summed E-state index contributed by atoms with van der Waals surface area (Å²) in [5.74, 6) is 2.30. The molecule has 0 aliphatic heterocycles. The Labute approximate surface area is 173 Å². The number of hydrogen-bond donors (Lipinski definition) is 2. The van der Waals surface area contributed by atoms with Crippen LogP contribution >= 0.6 is 0 Å². The second-order valence-corrected chi connectivity index (χ2v) is 6.87. The molecule has 3 heterocycles. The molecule has 4 aromatic rings. The summed E-state index contributed by atoms with van der Waals surface area (Å²) in [6.45, 7) is 4.45. The number of fused-ring (bicyclic) bond motifs is 1. The lowest BCUT2D eigenvalue weighted by molar-refractivity contribution is 0.406. The van der Waals surface area contributed by atoms with Gasteiger partial charge in [0.15, 0.2) is 17.0 Å². The highest BCUT2D eigenvalue weighted by Crippen LogP contribution is 2.27. The predicted octanol–water partition coefficient (Wildman–Crippen LogP) is 3.23. The molecule has 0 aliphatic carbocycles. The fraction of sp³-hybridized carbons (Fsp3) is 0.238. The Balaban J connectivity index is 1.70. The van der Waals surface area contributed by atoms with E-state index >= 15 is 0 Å². The van der Waals surface area contributed by atoms with Crippen molar-refractivity contribution in [1.29, 1.82) is 0 Å². The number of ether oxygens (including phenoxy) is 2. The summed E-state index contributed by atoms with van der Waals surface area (Å²) >= 11 is 0. The van der Waals surface area contributed by atoms with Crippen LogP contribution in [0.2, 0.25) is 0 Å². The molecule has 154 valence electrons. The average molecular weight is 405 g/mol. The minimum absolute atomic E-state index is 0.159. The van der Waals surface area contributed by atoms with Crippen molar-refractivity contribution in [2.75, 3.05) is 25.3 Å². The Kier molecular flexibility index (Phi) is 5.09. The number of imidazole rings is 1. The molecule has 4 rings (SSSR count). The van der Waals surface area contributed by atoms with Gasteiger partial charge in [-0.15, -0.1) is 0 Å². The Bertz CT molecular complexity index is 1200. The number of anilines is 3. The van der Waals surface area contributed by atoms with Crippen LogP contribution in [0.3, 0.4) is 0 Å². The van der Waals surface area contributed by atoms with Crippen LogP contribution in [0, 0.1) is 13.8 Å². The second kappa shape index (κ2) is 7.86. The van der Waals surface area contributed by atoms with Crippen LogP contribution in [-0.4, -0.2) is 38.7 Å². The van der Waals surface area contributed by atoms with Crippen molar-refractivity contribution in [3.05, 3.63) is 53.6 Å². The molecule has 0 saturated carbocycles. The summed E-state index contributed by atoms with van der Waals surface area (Å²) in [4.78, 5) is 17.8. The summed E-state index contributed by atoms with van der Waals surface area (Å²) in [7, 11) is 3.29. The standard InChI is InChI=1S/C21H23N7O2/c1-12-9-23-16(13(2)18(12)30-4)10-28-11-24-17-19(26-21(22)27-20(17)28)25-14-5-7-15(29-3)8-6-14/h5-9,11H,10H2,1-4H3,(H3,22,25,26,27). The van der Waals surface area contributed by atoms with E-state index in [0.717, 1.165) is 34.0 Å². The molecule has 0 radical (unpaired) electrons. The van der Waals surface area contributed by atoms with Gasteiger partial charge in [0.25, 0.3) is 0 Å². The van der Waals surface area contributed by atoms with Gasteiger partial charge in [-0.2, -0.15) is 9.97 Å². The third-order valence-corrected chi connectivity index (χ3v) is 4.90. The molecule has 0 unspecified atom stereocenters. The Morgan fingerprint density at radius 3 is 2.50 bits per heavy atom. The highest BCUT2D eigenvalue weighted by molar-refractivity contribution is 5.86. The monoisotopic (exact) mass is 405 g/mol. The first-order chi connectivity index (χ1) is 14.5. The third-order valence-electron chi connectivity index (χ3n) is 4.90. The summed E-state index contributed by atoms with van der Waals surface area (Å²) < 4.78 is 12.6. The van der Waals surface area contributed by atoms with Gasteiger partial charge in [-0.1, -0.05) is 0 Å². The number of nitrogens with one attached hydrogen (secondary N) is 1. The number of aromatic nitrogens is 5. The molecule has 0 saturated heterocycles. The molecule has 3 N–H and O–H groups in total. The fourth-order valence-corrected chi connectivity index (χ4v) is 3.37. The predicted molar refractivity (Wildman–Crippen MR) is 115 cm³/mol. The third kappa shape index (κ3) is 3.57. The van der Waals surface area contributed by atoms with Crippen LogP contribution in [-0.2, 0) is 6.54 Å². The molecule has 9 heteroatoms. The van der Waals surface area contributed by atoms with Gasteiger partial charge in [-0.25, -0.2) is 4.98 Å². The zero-order valence-corrected chi connectivity index (χ0v) is 17.3. The molecule has 0 fully saturated rings. The maximum absolute atomic E-state index is 5.98. The van der Waals surface area contributed by atoms with Crippen LogP contribution in [0.25, 0.3) is 11.2 Å². The summed E-state index contributed by atoms with van der Waals surface area (Å²) in [6.07, 6.45) is 3.52. The lowest BCUT2D eigenvalue weighted by atomic mass is 10.1. The first kappa shape index (κ1) is 19.4. The Morgan fingerprint density at radius 1 is 1.03 bits per heavy atom. The largest absolute Gasteiger partial charge is 0.497 e. The van der Waals surface area contributed by atoms with Gasteiger partial charge in [0.05, 0.1) is 32.8 Å². The number of nitrogens with two attached hydrogens (primary N) is 1. The van der Waals surface area contributed by atoms with E-state index in [9.17, 15) is 0 Å². The van der Waals surface area contributed by atoms with Crippen molar-refractivity contribution < 1.29 is 9.47 Å². The highest BCUT2D eigenvalue weighted by atomic mass is 16.5. The van der Waals surface area contributed by atoms with Crippen molar-refractivity contribution >= 4 is 28.6 Å². The number of hydrogen-bond acceptors (Lipinski definition) is 8. The second-order valence-electron chi connectivity index (χ2n) is 6.87. The summed E-state index contributed by atoms with van der Waals surface area (Å²) in [5.41, 5.74) is 10.9. The van der Waals surface area contributed by atoms with E-state index < -0.39 is 0 Å². The minimum atomic E-state index is 0.159.